The standard InChI is InChI=1S/C12H17N3O2S/c1-10-7-11(5-4-6-13)9-12(8-10)14-18(16,17)15(2)3/h7-9,14H,6,13H2,1-3H3. The van der Waals surface area contributed by atoms with E-state index >= 15 is 0 Å². The van der Waals surface area contributed by atoms with Crippen molar-refractivity contribution in [3.8, 4) is 11.8 Å². The fraction of sp³-hybridized carbons (Fsp3) is 0.333. The summed E-state index contributed by atoms with van der Waals surface area (Å²) in [6.45, 7) is 2.15. The summed E-state index contributed by atoms with van der Waals surface area (Å²) in [5, 5.41) is 0. The molecule has 0 saturated carbocycles. The molecular weight excluding hydrogens is 250 g/mol. The van der Waals surface area contributed by atoms with Crippen LogP contribution in [0.4, 0.5) is 5.69 Å². The number of nitrogens with one attached hydrogen (secondary N) is 1. The second-order valence-corrected chi connectivity index (χ2v) is 5.87. The van der Waals surface area contributed by atoms with Gasteiger partial charge in [0.15, 0.2) is 0 Å². The maximum absolute atomic E-state index is 11.7. The Bertz CT molecular complexity index is 583. The van der Waals surface area contributed by atoms with Crippen LogP contribution in [0.3, 0.4) is 0 Å². The van der Waals surface area contributed by atoms with Crippen LogP contribution in [-0.4, -0.2) is 33.4 Å². The average molecular weight is 267 g/mol. The Morgan fingerprint density at radius 3 is 2.56 bits per heavy atom. The Hall–Kier alpha value is -1.55. The minimum absolute atomic E-state index is 0.271. The van der Waals surface area contributed by atoms with Gasteiger partial charge in [-0.25, -0.2) is 0 Å². The van der Waals surface area contributed by atoms with Gasteiger partial charge in [-0.3, -0.25) is 4.72 Å². The molecule has 0 aliphatic heterocycles. The molecular formula is C12H17N3O2S. The van der Waals surface area contributed by atoms with E-state index in [9.17, 15) is 8.42 Å². The highest BCUT2D eigenvalue weighted by Gasteiger charge is 2.13. The van der Waals surface area contributed by atoms with Gasteiger partial charge in [-0.05, 0) is 30.7 Å². The van der Waals surface area contributed by atoms with Crippen molar-refractivity contribution in [3.05, 3.63) is 29.3 Å². The molecule has 0 radical (unpaired) electrons. The summed E-state index contributed by atoms with van der Waals surface area (Å²) in [6.07, 6.45) is 0. The third kappa shape index (κ3) is 4.04. The van der Waals surface area contributed by atoms with Crippen LogP contribution in [0.1, 0.15) is 11.1 Å². The van der Waals surface area contributed by atoms with Crippen molar-refractivity contribution in [2.45, 2.75) is 6.92 Å². The van der Waals surface area contributed by atoms with E-state index in [0.717, 1.165) is 15.4 Å². The molecule has 6 heteroatoms. The fourth-order valence-corrected chi connectivity index (χ4v) is 1.91. The monoisotopic (exact) mass is 267 g/mol. The first-order chi connectivity index (χ1) is 8.35. The predicted octanol–water partition coefficient (Wildman–Crippen LogP) is 0.524. The van der Waals surface area contributed by atoms with Crippen molar-refractivity contribution >= 4 is 15.9 Å². The van der Waals surface area contributed by atoms with Crippen LogP contribution < -0.4 is 10.5 Å². The van der Waals surface area contributed by atoms with Crippen molar-refractivity contribution in [3.63, 3.8) is 0 Å². The first-order valence-corrected chi connectivity index (χ1v) is 6.80. The molecule has 98 valence electrons. The molecule has 0 spiro atoms. The number of aryl methyl sites for hydroxylation is 1. The zero-order valence-corrected chi connectivity index (χ0v) is 11.5. The van der Waals surface area contributed by atoms with E-state index in [2.05, 4.69) is 16.6 Å². The smallest absolute Gasteiger partial charge is 0.301 e. The third-order valence-electron chi connectivity index (χ3n) is 2.14. The summed E-state index contributed by atoms with van der Waals surface area (Å²) in [5.74, 6) is 5.61. The molecule has 0 unspecified atom stereocenters. The number of nitrogens with zero attached hydrogens (tertiary/aromatic N) is 1. The van der Waals surface area contributed by atoms with Gasteiger partial charge in [-0.2, -0.15) is 12.7 Å². The van der Waals surface area contributed by atoms with Crippen molar-refractivity contribution in [1.82, 2.24) is 4.31 Å². The average Bonchev–Trinajstić information content (AvgIpc) is 2.24. The van der Waals surface area contributed by atoms with E-state index in [4.69, 9.17) is 5.73 Å². The van der Waals surface area contributed by atoms with Gasteiger partial charge >= 0.3 is 10.2 Å². The fourth-order valence-electron chi connectivity index (χ4n) is 1.31. The summed E-state index contributed by atoms with van der Waals surface area (Å²) in [7, 11) is -0.564. The quantitative estimate of drug-likeness (QED) is 0.784. The largest absolute Gasteiger partial charge is 0.320 e. The van der Waals surface area contributed by atoms with Crippen LogP contribution in [0, 0.1) is 18.8 Å². The second-order valence-electron chi connectivity index (χ2n) is 3.98. The Balaban J connectivity index is 3.08. The molecule has 0 heterocycles. The molecule has 0 bridgehead atoms. The molecule has 5 nitrogen and oxygen atoms in total. The van der Waals surface area contributed by atoms with Crippen LogP contribution in [0.2, 0.25) is 0 Å². The van der Waals surface area contributed by atoms with Gasteiger partial charge in [-0.15, -0.1) is 0 Å². The summed E-state index contributed by atoms with van der Waals surface area (Å²) >= 11 is 0. The Morgan fingerprint density at radius 2 is 2.00 bits per heavy atom. The SMILES string of the molecule is Cc1cc(C#CCN)cc(NS(=O)(=O)N(C)C)c1. The lowest BCUT2D eigenvalue weighted by Crippen LogP contribution is -2.28. The number of rotatable bonds is 3. The number of anilines is 1. The van der Waals surface area contributed by atoms with Gasteiger partial charge in [0, 0.05) is 19.7 Å². The Morgan fingerprint density at radius 1 is 1.33 bits per heavy atom. The second kappa shape index (κ2) is 5.87. The summed E-state index contributed by atoms with van der Waals surface area (Å²) in [4.78, 5) is 0. The number of nitrogens with two attached hydrogens (primary N) is 1. The maximum atomic E-state index is 11.7. The van der Waals surface area contributed by atoms with E-state index in [0.29, 0.717) is 5.69 Å². The first-order valence-electron chi connectivity index (χ1n) is 5.36. The van der Waals surface area contributed by atoms with Gasteiger partial charge in [0.1, 0.15) is 0 Å². The topological polar surface area (TPSA) is 75.4 Å². The molecule has 0 fully saturated rings. The molecule has 1 aromatic carbocycles. The summed E-state index contributed by atoms with van der Waals surface area (Å²) in [6, 6.07) is 5.29. The van der Waals surface area contributed by atoms with Crippen molar-refractivity contribution in [1.29, 1.82) is 0 Å². The highest BCUT2D eigenvalue weighted by atomic mass is 32.2. The van der Waals surface area contributed by atoms with Crippen LogP contribution >= 0.6 is 0 Å². The number of hydrogen-bond acceptors (Lipinski definition) is 3. The number of hydrogen-bond donors (Lipinski definition) is 2. The molecule has 0 amide bonds. The lowest BCUT2D eigenvalue weighted by Gasteiger charge is -2.14. The van der Waals surface area contributed by atoms with Crippen molar-refractivity contribution in [2.24, 2.45) is 5.73 Å². The highest BCUT2D eigenvalue weighted by molar-refractivity contribution is 7.90. The molecule has 3 N–H and O–H groups in total. The van der Waals surface area contributed by atoms with Crippen LogP contribution in [0.25, 0.3) is 0 Å². The van der Waals surface area contributed by atoms with E-state index in [1.165, 1.54) is 14.1 Å². The highest BCUT2D eigenvalue weighted by Crippen LogP contribution is 2.15. The first kappa shape index (κ1) is 14.5. The predicted molar refractivity (Wildman–Crippen MR) is 73.3 cm³/mol. The number of benzene rings is 1. The van der Waals surface area contributed by atoms with Crippen LogP contribution in [0.5, 0.6) is 0 Å². The van der Waals surface area contributed by atoms with E-state index in [1.807, 2.05) is 13.0 Å². The van der Waals surface area contributed by atoms with Crippen molar-refractivity contribution < 1.29 is 8.42 Å². The zero-order chi connectivity index (χ0) is 13.8. The maximum Gasteiger partial charge on any atom is 0.301 e. The lowest BCUT2D eigenvalue weighted by molar-refractivity contribution is 0.527. The molecule has 1 rings (SSSR count). The minimum atomic E-state index is -3.49. The zero-order valence-electron chi connectivity index (χ0n) is 10.7. The Kier molecular flexibility index (Phi) is 4.73. The molecule has 0 aliphatic carbocycles. The molecule has 0 aromatic heterocycles. The summed E-state index contributed by atoms with van der Waals surface area (Å²) in [5.41, 5.74) is 7.45. The molecule has 0 atom stereocenters. The van der Waals surface area contributed by atoms with E-state index in [-0.39, 0.29) is 6.54 Å². The Labute approximate surface area is 108 Å². The molecule has 0 saturated heterocycles. The lowest BCUT2D eigenvalue weighted by atomic mass is 10.1. The van der Waals surface area contributed by atoms with Crippen LogP contribution in [0.15, 0.2) is 18.2 Å². The molecule has 0 aliphatic rings. The van der Waals surface area contributed by atoms with Gasteiger partial charge in [0.2, 0.25) is 0 Å². The van der Waals surface area contributed by atoms with Gasteiger partial charge in [0.25, 0.3) is 0 Å². The van der Waals surface area contributed by atoms with Gasteiger partial charge in [-0.1, -0.05) is 11.8 Å². The van der Waals surface area contributed by atoms with Crippen molar-refractivity contribution in [2.75, 3.05) is 25.4 Å². The van der Waals surface area contributed by atoms with Gasteiger partial charge < -0.3 is 5.73 Å². The van der Waals surface area contributed by atoms with Gasteiger partial charge in [0.05, 0.1) is 12.2 Å². The minimum Gasteiger partial charge on any atom is -0.320 e. The van der Waals surface area contributed by atoms with Crippen LogP contribution in [-0.2, 0) is 10.2 Å². The molecule has 18 heavy (non-hydrogen) atoms. The molecule has 1 aromatic rings. The summed E-state index contributed by atoms with van der Waals surface area (Å²) < 4.78 is 27.0. The third-order valence-corrected chi connectivity index (χ3v) is 3.59. The van der Waals surface area contributed by atoms with E-state index < -0.39 is 10.2 Å². The normalized spacial score (nSPS) is 10.9. The van der Waals surface area contributed by atoms with E-state index in [1.54, 1.807) is 12.1 Å².